The zero-order valence-electron chi connectivity index (χ0n) is 18.4. The SMILES string of the molecule is CC(C)c1oc2cccc(-c3ccc(F)cc3)c2c1/C=C/[C@@H](O)C[C@@H](O)C(F)(F)C(=O)[O-].[Na+]. The van der Waals surface area contributed by atoms with Crippen molar-refractivity contribution in [2.24, 2.45) is 0 Å². The molecular formula is C24H22F3NaO5. The van der Waals surface area contributed by atoms with E-state index in [9.17, 15) is 33.3 Å². The topological polar surface area (TPSA) is 93.7 Å². The first-order valence-corrected chi connectivity index (χ1v) is 9.97. The van der Waals surface area contributed by atoms with E-state index in [-0.39, 0.29) is 41.3 Å². The number of hydrogen-bond acceptors (Lipinski definition) is 5. The van der Waals surface area contributed by atoms with Gasteiger partial charge in [0.1, 0.15) is 29.2 Å². The summed E-state index contributed by atoms with van der Waals surface area (Å²) in [6, 6.07) is 11.3. The molecule has 2 aromatic carbocycles. The molecule has 0 aliphatic rings. The molecule has 0 spiro atoms. The summed E-state index contributed by atoms with van der Waals surface area (Å²) in [5, 5.41) is 30.8. The smallest absolute Gasteiger partial charge is 0.544 e. The molecule has 2 N–H and O–H groups in total. The van der Waals surface area contributed by atoms with E-state index in [2.05, 4.69) is 0 Å². The molecule has 1 aromatic heterocycles. The van der Waals surface area contributed by atoms with Gasteiger partial charge in [0.25, 0.3) is 0 Å². The number of benzene rings is 2. The van der Waals surface area contributed by atoms with Gasteiger partial charge in [-0.15, -0.1) is 0 Å². The van der Waals surface area contributed by atoms with E-state index >= 15 is 0 Å². The van der Waals surface area contributed by atoms with Crippen molar-refractivity contribution in [1.29, 1.82) is 0 Å². The molecule has 0 bridgehead atoms. The molecule has 3 rings (SSSR count). The molecule has 0 saturated carbocycles. The van der Waals surface area contributed by atoms with Crippen molar-refractivity contribution in [1.82, 2.24) is 0 Å². The number of furan rings is 1. The van der Waals surface area contributed by atoms with Crippen molar-refractivity contribution in [3.63, 3.8) is 0 Å². The quantitative estimate of drug-likeness (QED) is 0.477. The van der Waals surface area contributed by atoms with E-state index < -0.39 is 30.5 Å². The van der Waals surface area contributed by atoms with Gasteiger partial charge in [0, 0.05) is 23.3 Å². The number of aliphatic hydroxyl groups excluding tert-OH is 2. The van der Waals surface area contributed by atoms with Crippen molar-refractivity contribution in [2.75, 3.05) is 0 Å². The molecule has 0 aliphatic carbocycles. The second-order valence-electron chi connectivity index (χ2n) is 7.81. The Bertz CT molecular complexity index is 1140. The molecule has 0 radical (unpaired) electrons. The molecule has 3 aromatic rings. The number of alkyl halides is 2. The van der Waals surface area contributed by atoms with Crippen LogP contribution in [0.1, 0.15) is 37.5 Å². The van der Waals surface area contributed by atoms with E-state index in [1.165, 1.54) is 24.3 Å². The molecular weight excluding hydrogens is 448 g/mol. The van der Waals surface area contributed by atoms with Gasteiger partial charge >= 0.3 is 35.5 Å². The molecule has 1 heterocycles. The van der Waals surface area contributed by atoms with Crippen LogP contribution in [-0.2, 0) is 4.79 Å². The van der Waals surface area contributed by atoms with Crippen LogP contribution < -0.4 is 34.7 Å². The largest absolute Gasteiger partial charge is 1.00 e. The van der Waals surface area contributed by atoms with Crippen molar-refractivity contribution in [3.05, 3.63) is 65.7 Å². The number of carbonyl (C=O) groups is 1. The fourth-order valence-corrected chi connectivity index (χ4v) is 3.45. The maximum absolute atomic E-state index is 13.4. The van der Waals surface area contributed by atoms with Crippen molar-refractivity contribution >= 4 is 23.0 Å². The van der Waals surface area contributed by atoms with Gasteiger partial charge < -0.3 is 24.5 Å². The first-order chi connectivity index (χ1) is 15.0. The second kappa shape index (κ2) is 10.9. The van der Waals surface area contributed by atoms with Gasteiger partial charge in [-0.1, -0.05) is 50.3 Å². The summed E-state index contributed by atoms with van der Waals surface area (Å²) in [5.74, 6) is -7.07. The third kappa shape index (κ3) is 5.88. The predicted molar refractivity (Wildman–Crippen MR) is 111 cm³/mol. The third-order valence-corrected chi connectivity index (χ3v) is 5.10. The standard InChI is InChI=1S/C24H23F3O5.Na/c1-13(2)22-18(11-10-16(28)12-20(29)24(26,27)23(30)31)21-17(4-3-5-19(21)32-22)14-6-8-15(25)9-7-14;/h3-11,13,16,20,28-29H,12H2,1-2H3,(H,30,31);/q;+1/p-1/b11-10+;/t16-,20-;/m1./s1. The van der Waals surface area contributed by atoms with Gasteiger partial charge in [-0.05, 0) is 29.3 Å². The summed E-state index contributed by atoms with van der Waals surface area (Å²) in [4.78, 5) is 10.5. The van der Waals surface area contributed by atoms with Crippen LogP contribution in [0.5, 0.6) is 0 Å². The minimum Gasteiger partial charge on any atom is -0.544 e. The van der Waals surface area contributed by atoms with Crippen LogP contribution in [0, 0.1) is 5.82 Å². The molecule has 9 heteroatoms. The number of aliphatic carboxylic acids is 1. The molecule has 5 nitrogen and oxygen atoms in total. The minimum atomic E-state index is -4.49. The molecule has 0 saturated heterocycles. The molecule has 2 atom stereocenters. The van der Waals surface area contributed by atoms with E-state index in [0.29, 0.717) is 22.3 Å². The van der Waals surface area contributed by atoms with Gasteiger partial charge in [0.15, 0.2) is 0 Å². The summed E-state index contributed by atoms with van der Waals surface area (Å²) in [6.45, 7) is 3.79. The van der Waals surface area contributed by atoms with Crippen LogP contribution in [0.15, 0.2) is 53.0 Å². The second-order valence-corrected chi connectivity index (χ2v) is 7.81. The Labute approximate surface area is 210 Å². The Hall–Kier alpha value is -2.10. The van der Waals surface area contributed by atoms with Gasteiger partial charge in [-0.3, -0.25) is 0 Å². The fraction of sp³-hybridized carbons (Fsp3) is 0.292. The maximum Gasteiger partial charge on any atom is 1.00 e. The summed E-state index contributed by atoms with van der Waals surface area (Å²) >= 11 is 0. The van der Waals surface area contributed by atoms with Crippen LogP contribution in [0.25, 0.3) is 28.2 Å². The first kappa shape index (κ1) is 27.1. The average molecular weight is 470 g/mol. The molecule has 0 unspecified atom stereocenters. The monoisotopic (exact) mass is 470 g/mol. The number of carboxylic acids is 1. The minimum absolute atomic E-state index is 0. The Kier molecular flexibility index (Phi) is 8.95. The van der Waals surface area contributed by atoms with Crippen LogP contribution in [0.4, 0.5) is 13.2 Å². The number of carboxylic acid groups (broad SMARTS) is 1. The number of fused-ring (bicyclic) bond motifs is 1. The van der Waals surface area contributed by atoms with Gasteiger partial charge in [0.2, 0.25) is 0 Å². The van der Waals surface area contributed by atoms with Crippen molar-refractivity contribution in [2.45, 2.75) is 44.3 Å². The summed E-state index contributed by atoms with van der Waals surface area (Å²) in [7, 11) is 0. The Morgan fingerprint density at radius 3 is 2.36 bits per heavy atom. The average Bonchev–Trinajstić information content (AvgIpc) is 3.11. The zero-order valence-corrected chi connectivity index (χ0v) is 20.4. The van der Waals surface area contributed by atoms with Gasteiger partial charge in [-0.25, -0.2) is 4.39 Å². The Morgan fingerprint density at radius 2 is 1.79 bits per heavy atom. The number of rotatable bonds is 8. The molecule has 33 heavy (non-hydrogen) atoms. The Balaban J connectivity index is 0.00000385. The van der Waals surface area contributed by atoms with E-state index in [1.807, 2.05) is 19.9 Å². The number of carbonyl (C=O) groups excluding carboxylic acids is 1. The number of hydrogen-bond donors (Lipinski definition) is 2. The number of halogens is 3. The summed E-state index contributed by atoms with van der Waals surface area (Å²) in [6.07, 6.45) is -2.41. The zero-order chi connectivity index (χ0) is 23.6. The summed E-state index contributed by atoms with van der Waals surface area (Å²) < 4.78 is 46.1. The third-order valence-electron chi connectivity index (χ3n) is 5.10. The molecule has 0 fully saturated rings. The first-order valence-electron chi connectivity index (χ1n) is 9.97. The van der Waals surface area contributed by atoms with E-state index in [4.69, 9.17) is 4.42 Å². The van der Waals surface area contributed by atoms with Crippen LogP contribution in [0.3, 0.4) is 0 Å². The van der Waals surface area contributed by atoms with Gasteiger partial charge in [0.05, 0.1) is 6.10 Å². The van der Waals surface area contributed by atoms with Gasteiger partial charge in [-0.2, -0.15) is 8.78 Å². The predicted octanol–water partition coefficient (Wildman–Crippen LogP) is 0.877. The normalized spacial score (nSPS) is 13.9. The van der Waals surface area contributed by atoms with Crippen LogP contribution in [0.2, 0.25) is 0 Å². The van der Waals surface area contributed by atoms with Crippen molar-refractivity contribution in [3.8, 4) is 11.1 Å². The maximum atomic E-state index is 13.4. The molecule has 170 valence electrons. The van der Waals surface area contributed by atoms with E-state index in [1.54, 1.807) is 24.3 Å². The fourth-order valence-electron chi connectivity index (χ4n) is 3.45. The van der Waals surface area contributed by atoms with E-state index in [0.717, 1.165) is 11.1 Å². The molecule has 0 aliphatic heterocycles. The summed E-state index contributed by atoms with van der Waals surface area (Å²) in [5.41, 5.74) is 2.62. The molecule has 0 amide bonds. The Morgan fingerprint density at radius 1 is 1.15 bits per heavy atom. The van der Waals surface area contributed by atoms with Crippen molar-refractivity contribution < 1.29 is 67.3 Å². The van der Waals surface area contributed by atoms with Crippen LogP contribution in [-0.4, -0.2) is 34.3 Å². The number of aliphatic hydroxyl groups is 2. The van der Waals surface area contributed by atoms with Crippen LogP contribution >= 0.6 is 0 Å².